The number of nitrogens with zero attached hydrogens (tertiary/aromatic N) is 1. The van der Waals surface area contributed by atoms with Crippen molar-refractivity contribution in [3.8, 4) is 0 Å². The molecule has 8 heteroatoms. The molecule has 128 valence electrons. The third kappa shape index (κ3) is 3.95. The van der Waals surface area contributed by atoms with E-state index < -0.39 is 41.7 Å². The first-order valence-corrected chi connectivity index (χ1v) is 7.29. The highest BCUT2D eigenvalue weighted by Crippen LogP contribution is 2.16. The van der Waals surface area contributed by atoms with Gasteiger partial charge in [0.15, 0.2) is 12.4 Å². The molecule has 1 aliphatic rings. The maximum absolute atomic E-state index is 12.8. The van der Waals surface area contributed by atoms with Crippen LogP contribution in [0, 0.1) is 5.82 Å². The molecule has 0 bridgehead atoms. The van der Waals surface area contributed by atoms with Crippen LogP contribution in [0.25, 0.3) is 0 Å². The number of rotatable bonds is 6. The minimum absolute atomic E-state index is 0.127. The van der Waals surface area contributed by atoms with Crippen molar-refractivity contribution in [3.63, 3.8) is 0 Å². The maximum Gasteiger partial charge on any atom is 0.325 e. The van der Waals surface area contributed by atoms with Gasteiger partial charge in [-0.3, -0.25) is 19.3 Å². The van der Waals surface area contributed by atoms with Crippen LogP contribution in [0.15, 0.2) is 24.3 Å². The van der Waals surface area contributed by atoms with E-state index in [0.717, 1.165) is 17.0 Å². The van der Waals surface area contributed by atoms with E-state index >= 15 is 0 Å². The van der Waals surface area contributed by atoms with Gasteiger partial charge in [0.2, 0.25) is 0 Å². The number of amides is 3. The number of hydrogen-bond acceptors (Lipinski definition) is 5. The number of ketones is 1. The first kappa shape index (κ1) is 17.6. The number of esters is 1. The zero-order chi connectivity index (χ0) is 17.9. The van der Waals surface area contributed by atoms with Gasteiger partial charge >= 0.3 is 12.0 Å². The zero-order valence-electron chi connectivity index (χ0n) is 13.3. The molecule has 1 fully saturated rings. The van der Waals surface area contributed by atoms with E-state index in [1.807, 2.05) is 0 Å². The van der Waals surface area contributed by atoms with Gasteiger partial charge in [-0.2, -0.15) is 0 Å². The summed E-state index contributed by atoms with van der Waals surface area (Å²) in [4.78, 5) is 48.0. The quantitative estimate of drug-likeness (QED) is 0.480. The number of nitrogens with one attached hydrogen (secondary N) is 1. The Hall–Kier alpha value is -2.77. The number of carbonyl (C=O) groups excluding carboxylic acids is 4. The summed E-state index contributed by atoms with van der Waals surface area (Å²) in [6, 6.07) is 4.28. The second-order valence-electron chi connectivity index (χ2n) is 5.85. The Labute approximate surface area is 137 Å². The number of imide groups is 1. The van der Waals surface area contributed by atoms with Crippen LogP contribution >= 0.6 is 0 Å². The number of hydrogen-bond donors (Lipinski definition) is 1. The van der Waals surface area contributed by atoms with Gasteiger partial charge in [-0.25, -0.2) is 9.18 Å². The molecule has 0 aromatic heterocycles. The fourth-order valence-corrected chi connectivity index (χ4v) is 2.16. The van der Waals surface area contributed by atoms with Gasteiger partial charge < -0.3 is 10.1 Å². The van der Waals surface area contributed by atoms with Crippen molar-refractivity contribution in [1.82, 2.24) is 10.2 Å². The molecule has 1 saturated heterocycles. The molecule has 3 amide bonds. The summed E-state index contributed by atoms with van der Waals surface area (Å²) in [7, 11) is 0. The van der Waals surface area contributed by atoms with E-state index in [1.54, 1.807) is 13.8 Å². The summed E-state index contributed by atoms with van der Waals surface area (Å²) >= 11 is 0. The van der Waals surface area contributed by atoms with Crippen LogP contribution in [-0.4, -0.2) is 47.3 Å². The summed E-state index contributed by atoms with van der Waals surface area (Å²) in [5.74, 6) is -2.09. The topological polar surface area (TPSA) is 92.8 Å². The van der Waals surface area contributed by atoms with E-state index in [-0.39, 0.29) is 18.5 Å². The van der Waals surface area contributed by atoms with Gasteiger partial charge in [0.25, 0.3) is 5.91 Å². The number of ether oxygens (including phenoxy) is 1. The third-order valence-electron chi connectivity index (χ3n) is 3.51. The normalized spacial score (nSPS) is 16.0. The van der Waals surface area contributed by atoms with Crippen LogP contribution in [0.2, 0.25) is 0 Å². The first-order chi connectivity index (χ1) is 11.2. The van der Waals surface area contributed by atoms with Crippen LogP contribution in [-0.2, 0) is 14.3 Å². The molecule has 1 aromatic carbocycles. The van der Waals surface area contributed by atoms with Crippen molar-refractivity contribution in [1.29, 1.82) is 0 Å². The molecule has 0 radical (unpaired) electrons. The number of halogens is 1. The van der Waals surface area contributed by atoms with Gasteiger partial charge in [0.05, 0.1) is 6.42 Å². The average Bonchev–Trinajstić information content (AvgIpc) is 2.71. The Morgan fingerprint density at radius 2 is 1.83 bits per heavy atom. The number of carbonyl (C=O) groups is 4. The fourth-order valence-electron chi connectivity index (χ4n) is 2.16. The Morgan fingerprint density at radius 1 is 1.21 bits per heavy atom. The molecule has 24 heavy (non-hydrogen) atoms. The first-order valence-electron chi connectivity index (χ1n) is 7.29. The monoisotopic (exact) mass is 336 g/mol. The molecule has 1 aromatic rings. The summed E-state index contributed by atoms with van der Waals surface area (Å²) in [6.07, 6.45) is -0.216. The largest absolute Gasteiger partial charge is 0.457 e. The van der Waals surface area contributed by atoms with Crippen molar-refractivity contribution in [3.05, 3.63) is 35.6 Å². The lowest BCUT2D eigenvalue weighted by molar-refractivity contribution is -0.143. The lowest BCUT2D eigenvalue weighted by atomic mass is 10.1. The van der Waals surface area contributed by atoms with Crippen LogP contribution in [0.1, 0.15) is 30.6 Å². The van der Waals surface area contributed by atoms with Crippen LogP contribution in [0.4, 0.5) is 9.18 Å². The smallest absolute Gasteiger partial charge is 0.325 e. The Morgan fingerprint density at radius 3 is 2.38 bits per heavy atom. The molecule has 0 spiro atoms. The predicted molar refractivity (Wildman–Crippen MR) is 80.6 cm³/mol. The molecule has 0 unspecified atom stereocenters. The lowest BCUT2D eigenvalue weighted by Gasteiger charge is -2.15. The van der Waals surface area contributed by atoms with E-state index in [9.17, 15) is 23.6 Å². The molecular formula is C16H17FN2O5. The number of benzene rings is 1. The van der Waals surface area contributed by atoms with E-state index in [2.05, 4.69) is 5.32 Å². The van der Waals surface area contributed by atoms with Gasteiger partial charge in [0, 0.05) is 12.1 Å². The summed E-state index contributed by atoms with van der Waals surface area (Å²) in [6.45, 7) is 2.51. The van der Waals surface area contributed by atoms with Crippen molar-refractivity contribution in [2.45, 2.75) is 25.8 Å². The van der Waals surface area contributed by atoms with Crippen molar-refractivity contribution < 1.29 is 28.3 Å². The molecule has 1 aliphatic heterocycles. The zero-order valence-corrected chi connectivity index (χ0v) is 13.3. The highest BCUT2D eigenvalue weighted by atomic mass is 19.1. The maximum atomic E-state index is 12.8. The summed E-state index contributed by atoms with van der Waals surface area (Å²) in [5, 5.41) is 2.49. The Bertz CT molecular complexity index is 684. The van der Waals surface area contributed by atoms with Gasteiger partial charge in [-0.15, -0.1) is 0 Å². The van der Waals surface area contributed by atoms with Crippen molar-refractivity contribution in [2.75, 3.05) is 13.2 Å². The van der Waals surface area contributed by atoms with Crippen LogP contribution < -0.4 is 5.32 Å². The average molecular weight is 336 g/mol. The second kappa shape index (κ2) is 6.77. The highest BCUT2D eigenvalue weighted by molar-refractivity contribution is 6.06. The molecule has 0 aliphatic carbocycles. The van der Waals surface area contributed by atoms with E-state index in [4.69, 9.17) is 4.74 Å². The van der Waals surface area contributed by atoms with E-state index in [1.165, 1.54) is 12.1 Å². The summed E-state index contributed by atoms with van der Waals surface area (Å²) in [5.41, 5.74) is -0.778. The molecule has 2 rings (SSSR count). The van der Waals surface area contributed by atoms with Crippen molar-refractivity contribution >= 4 is 23.7 Å². The lowest BCUT2D eigenvalue weighted by Crippen LogP contribution is -2.40. The minimum atomic E-state index is -1.00. The summed E-state index contributed by atoms with van der Waals surface area (Å²) < 4.78 is 17.6. The van der Waals surface area contributed by atoms with Crippen LogP contribution in [0.5, 0.6) is 0 Å². The van der Waals surface area contributed by atoms with Gasteiger partial charge in [-0.1, -0.05) is 0 Å². The number of Topliss-reactive ketones (excluding diaryl/α,β-unsaturated/α-hetero) is 1. The number of urea groups is 1. The third-order valence-corrected chi connectivity index (χ3v) is 3.51. The van der Waals surface area contributed by atoms with Gasteiger partial charge in [0.1, 0.15) is 11.4 Å². The highest BCUT2D eigenvalue weighted by Gasteiger charge is 2.44. The molecule has 1 heterocycles. The molecule has 1 N–H and O–H groups in total. The molecule has 0 saturated carbocycles. The Balaban J connectivity index is 1.80. The molecule has 7 nitrogen and oxygen atoms in total. The SMILES string of the molecule is CC1(C)NC(=O)N(CCC(=O)OCC(=O)c2ccc(F)cc2)C1=O. The van der Waals surface area contributed by atoms with Gasteiger partial charge in [-0.05, 0) is 38.1 Å². The van der Waals surface area contributed by atoms with E-state index in [0.29, 0.717) is 0 Å². The predicted octanol–water partition coefficient (Wildman–Crippen LogP) is 1.27. The molecular weight excluding hydrogens is 319 g/mol. The Kier molecular flexibility index (Phi) is 4.96. The fraction of sp³-hybridized carbons (Fsp3) is 0.375. The van der Waals surface area contributed by atoms with Crippen molar-refractivity contribution in [2.24, 2.45) is 0 Å². The standard InChI is InChI=1S/C16H17FN2O5/c1-16(2)14(22)19(15(23)18-16)8-7-13(21)24-9-12(20)10-3-5-11(17)6-4-10/h3-6H,7-9H2,1-2H3,(H,18,23). The molecule has 0 atom stereocenters. The minimum Gasteiger partial charge on any atom is -0.457 e. The van der Waals surface area contributed by atoms with Crippen LogP contribution in [0.3, 0.4) is 0 Å². The second-order valence-corrected chi connectivity index (χ2v) is 5.85.